The molecule has 0 saturated carbocycles. The van der Waals surface area contributed by atoms with Crippen LogP contribution in [0.1, 0.15) is 36.0 Å². The molecule has 0 aliphatic carbocycles. The number of piperidine rings is 1. The molecule has 2 heterocycles. The molecule has 0 radical (unpaired) electrons. The molecule has 1 aromatic heterocycles. The van der Waals surface area contributed by atoms with Crippen molar-refractivity contribution in [2.24, 2.45) is 5.73 Å². The number of allylic oxidation sites excluding steroid dienone is 1. The first-order valence-corrected chi connectivity index (χ1v) is 11.1. The molecule has 3 aromatic rings. The molecule has 1 aliphatic heterocycles. The third-order valence-electron chi connectivity index (χ3n) is 5.46. The molecule has 0 bridgehead atoms. The van der Waals surface area contributed by atoms with Gasteiger partial charge in [-0.15, -0.1) is 11.3 Å². The lowest BCUT2D eigenvalue weighted by Crippen LogP contribution is -2.29. The maximum atomic E-state index is 8.61. The predicted octanol–water partition coefficient (Wildman–Crippen LogP) is 4.75. The lowest BCUT2D eigenvalue weighted by Gasteiger charge is -2.26. The quantitative estimate of drug-likeness (QED) is 0.399. The molecular formula is C24H27N5S. The van der Waals surface area contributed by atoms with Crippen LogP contribution in [0, 0.1) is 5.41 Å². The zero-order valence-corrected chi connectivity index (χ0v) is 17.8. The number of benzene rings is 2. The average molecular weight is 418 g/mol. The van der Waals surface area contributed by atoms with E-state index < -0.39 is 0 Å². The van der Waals surface area contributed by atoms with E-state index in [1.165, 1.54) is 37.9 Å². The van der Waals surface area contributed by atoms with Gasteiger partial charge in [-0.05, 0) is 60.8 Å². The molecule has 1 fully saturated rings. The number of likely N-dealkylation sites (tertiary alicyclic amines) is 1. The molecule has 6 heteroatoms. The SMILES string of the molecule is N=C(/C(N)=C/c1cccc(CN2CCCCC2)c1)c1cc(-c2cncs2)ccc1N. The third kappa shape index (κ3) is 4.78. The van der Waals surface area contributed by atoms with Gasteiger partial charge in [-0.3, -0.25) is 15.3 Å². The van der Waals surface area contributed by atoms with Crippen molar-refractivity contribution in [2.45, 2.75) is 25.8 Å². The molecule has 4 rings (SSSR count). The Morgan fingerprint density at radius 2 is 1.97 bits per heavy atom. The highest BCUT2D eigenvalue weighted by Gasteiger charge is 2.13. The topological polar surface area (TPSA) is 92.0 Å². The van der Waals surface area contributed by atoms with Crippen LogP contribution in [0.4, 0.5) is 5.69 Å². The number of aromatic nitrogens is 1. The Morgan fingerprint density at radius 1 is 1.13 bits per heavy atom. The van der Waals surface area contributed by atoms with Crippen molar-refractivity contribution < 1.29 is 0 Å². The van der Waals surface area contributed by atoms with Crippen LogP contribution >= 0.6 is 11.3 Å². The smallest absolute Gasteiger partial charge is 0.0862 e. The van der Waals surface area contributed by atoms with Crippen molar-refractivity contribution in [3.63, 3.8) is 0 Å². The zero-order chi connectivity index (χ0) is 20.9. The number of nitrogens with one attached hydrogen (secondary N) is 1. The zero-order valence-electron chi connectivity index (χ0n) is 17.0. The number of nitrogens with two attached hydrogens (primary N) is 2. The van der Waals surface area contributed by atoms with Gasteiger partial charge in [0.2, 0.25) is 0 Å². The van der Waals surface area contributed by atoms with Crippen LogP contribution in [0.15, 0.2) is 59.9 Å². The normalized spacial score (nSPS) is 15.3. The van der Waals surface area contributed by atoms with Gasteiger partial charge in [0.05, 0.1) is 21.8 Å². The Balaban J connectivity index is 1.54. The minimum atomic E-state index is 0.236. The van der Waals surface area contributed by atoms with E-state index in [2.05, 4.69) is 28.1 Å². The van der Waals surface area contributed by atoms with Gasteiger partial charge < -0.3 is 11.5 Å². The molecule has 5 nitrogen and oxygen atoms in total. The highest BCUT2D eigenvalue weighted by molar-refractivity contribution is 7.13. The molecule has 0 spiro atoms. The van der Waals surface area contributed by atoms with Crippen LogP contribution in [-0.2, 0) is 6.54 Å². The first-order valence-electron chi connectivity index (χ1n) is 10.3. The number of hydrogen-bond donors (Lipinski definition) is 3. The predicted molar refractivity (Wildman–Crippen MR) is 127 cm³/mol. The van der Waals surface area contributed by atoms with Gasteiger partial charge in [-0.25, -0.2) is 0 Å². The van der Waals surface area contributed by atoms with E-state index in [-0.39, 0.29) is 5.71 Å². The molecule has 1 aliphatic rings. The van der Waals surface area contributed by atoms with Crippen molar-refractivity contribution in [1.82, 2.24) is 9.88 Å². The average Bonchev–Trinajstić information content (AvgIpc) is 3.29. The van der Waals surface area contributed by atoms with E-state index in [4.69, 9.17) is 16.9 Å². The molecule has 0 unspecified atom stereocenters. The van der Waals surface area contributed by atoms with E-state index in [0.29, 0.717) is 16.9 Å². The van der Waals surface area contributed by atoms with Crippen LogP contribution in [0.25, 0.3) is 16.5 Å². The summed E-state index contributed by atoms with van der Waals surface area (Å²) in [4.78, 5) is 7.67. The van der Waals surface area contributed by atoms with Crippen LogP contribution < -0.4 is 11.5 Å². The van der Waals surface area contributed by atoms with Gasteiger partial charge in [0.25, 0.3) is 0 Å². The summed E-state index contributed by atoms with van der Waals surface area (Å²) in [6, 6.07) is 14.1. The minimum Gasteiger partial charge on any atom is -0.398 e. The van der Waals surface area contributed by atoms with Crippen molar-refractivity contribution in [1.29, 1.82) is 5.41 Å². The summed E-state index contributed by atoms with van der Waals surface area (Å²) in [5, 5.41) is 8.61. The number of nitrogens with zero attached hydrogens (tertiary/aromatic N) is 2. The van der Waals surface area contributed by atoms with Gasteiger partial charge in [0.1, 0.15) is 0 Å². The van der Waals surface area contributed by atoms with Crippen molar-refractivity contribution >= 4 is 28.8 Å². The van der Waals surface area contributed by atoms with Crippen LogP contribution in [0.5, 0.6) is 0 Å². The van der Waals surface area contributed by atoms with Crippen molar-refractivity contribution in [3.8, 4) is 10.4 Å². The summed E-state index contributed by atoms with van der Waals surface area (Å²) >= 11 is 1.56. The molecule has 0 atom stereocenters. The number of thiazole rings is 1. The van der Waals surface area contributed by atoms with E-state index in [1.54, 1.807) is 16.8 Å². The van der Waals surface area contributed by atoms with Gasteiger partial charge in [0, 0.05) is 24.0 Å². The number of hydrogen-bond acceptors (Lipinski definition) is 6. The van der Waals surface area contributed by atoms with Gasteiger partial charge >= 0.3 is 0 Å². The number of anilines is 1. The van der Waals surface area contributed by atoms with Crippen LogP contribution in [0.2, 0.25) is 0 Å². The molecule has 5 N–H and O–H groups in total. The standard InChI is InChI=1S/C24H27N5S/c25-21-8-7-19(23-14-28-16-30-23)13-20(21)24(27)22(26)12-17-5-4-6-18(11-17)15-29-9-2-1-3-10-29/h4-8,11-14,16,27H,1-3,9-10,15,25-26H2/b22-12-,27-24?. The summed E-state index contributed by atoms with van der Waals surface area (Å²) in [7, 11) is 0. The van der Waals surface area contributed by atoms with E-state index in [1.807, 2.05) is 36.5 Å². The lowest BCUT2D eigenvalue weighted by atomic mass is 10.00. The second-order valence-corrected chi connectivity index (χ2v) is 8.61. The summed E-state index contributed by atoms with van der Waals surface area (Å²) in [5.41, 5.74) is 19.4. The lowest BCUT2D eigenvalue weighted by molar-refractivity contribution is 0.221. The van der Waals surface area contributed by atoms with Gasteiger partial charge in [0.15, 0.2) is 0 Å². The van der Waals surface area contributed by atoms with Crippen LogP contribution in [-0.4, -0.2) is 28.7 Å². The fourth-order valence-corrected chi connectivity index (χ4v) is 4.47. The van der Waals surface area contributed by atoms with E-state index in [9.17, 15) is 0 Å². The maximum Gasteiger partial charge on any atom is 0.0862 e. The molecule has 30 heavy (non-hydrogen) atoms. The monoisotopic (exact) mass is 417 g/mol. The van der Waals surface area contributed by atoms with Gasteiger partial charge in [-0.2, -0.15) is 0 Å². The highest BCUT2D eigenvalue weighted by atomic mass is 32.1. The Labute approximate surface area is 181 Å². The summed E-state index contributed by atoms with van der Waals surface area (Å²) in [6.07, 6.45) is 7.58. The summed E-state index contributed by atoms with van der Waals surface area (Å²) < 4.78 is 0. The van der Waals surface area contributed by atoms with E-state index >= 15 is 0 Å². The third-order valence-corrected chi connectivity index (χ3v) is 6.28. The fourth-order valence-electron chi connectivity index (χ4n) is 3.85. The van der Waals surface area contributed by atoms with E-state index in [0.717, 1.165) is 22.5 Å². The molecule has 1 saturated heterocycles. The van der Waals surface area contributed by atoms with Crippen molar-refractivity contribution in [3.05, 3.63) is 76.6 Å². The summed E-state index contributed by atoms with van der Waals surface area (Å²) in [5.74, 6) is 0. The second kappa shape index (κ2) is 9.24. The fraction of sp³-hybridized carbons (Fsp3) is 0.250. The molecule has 154 valence electrons. The first-order chi connectivity index (χ1) is 14.6. The molecule has 0 amide bonds. The minimum absolute atomic E-state index is 0.236. The number of nitrogen functional groups attached to an aromatic ring is 1. The molecule has 2 aromatic carbocycles. The van der Waals surface area contributed by atoms with Crippen LogP contribution in [0.3, 0.4) is 0 Å². The maximum absolute atomic E-state index is 8.61. The molecular weight excluding hydrogens is 390 g/mol. The van der Waals surface area contributed by atoms with Gasteiger partial charge in [-0.1, -0.05) is 36.8 Å². The number of rotatable bonds is 6. The largest absolute Gasteiger partial charge is 0.398 e. The Kier molecular flexibility index (Phi) is 6.26. The first kappa shape index (κ1) is 20.3. The van der Waals surface area contributed by atoms with Crippen molar-refractivity contribution in [2.75, 3.05) is 18.8 Å². The Hall–Kier alpha value is -2.96. The Morgan fingerprint density at radius 3 is 2.73 bits per heavy atom. The highest BCUT2D eigenvalue weighted by Crippen LogP contribution is 2.27. The summed E-state index contributed by atoms with van der Waals surface area (Å²) in [6.45, 7) is 3.30. The Bertz CT molecular complexity index is 1050. The second-order valence-electron chi connectivity index (χ2n) is 7.72.